The SMILES string of the molecule is C=CC(C)Oc1cc(C=CC(=O)O)ccc1[N+](=O)[O-]. The third-order valence-electron chi connectivity index (χ3n) is 2.24. The number of rotatable bonds is 6. The maximum Gasteiger partial charge on any atom is 0.328 e. The molecule has 0 radical (unpaired) electrons. The highest BCUT2D eigenvalue weighted by molar-refractivity contribution is 5.85. The molecule has 1 aromatic carbocycles. The van der Waals surface area contributed by atoms with Gasteiger partial charge in [0, 0.05) is 12.1 Å². The zero-order valence-corrected chi connectivity index (χ0v) is 10.3. The van der Waals surface area contributed by atoms with Gasteiger partial charge in [0.05, 0.1) is 4.92 Å². The van der Waals surface area contributed by atoms with E-state index in [1.54, 1.807) is 6.92 Å². The van der Waals surface area contributed by atoms with Gasteiger partial charge in [-0.2, -0.15) is 0 Å². The van der Waals surface area contributed by atoms with Crippen LogP contribution in [0.15, 0.2) is 36.9 Å². The van der Waals surface area contributed by atoms with Gasteiger partial charge < -0.3 is 9.84 Å². The molecule has 0 spiro atoms. The molecule has 0 amide bonds. The third kappa shape index (κ3) is 4.27. The molecule has 0 saturated heterocycles. The highest BCUT2D eigenvalue weighted by atomic mass is 16.6. The van der Waals surface area contributed by atoms with Gasteiger partial charge in [-0.05, 0) is 30.7 Å². The van der Waals surface area contributed by atoms with E-state index in [4.69, 9.17) is 9.84 Å². The third-order valence-corrected chi connectivity index (χ3v) is 2.24. The van der Waals surface area contributed by atoms with Crippen molar-refractivity contribution in [2.75, 3.05) is 0 Å². The van der Waals surface area contributed by atoms with Crippen LogP contribution in [-0.2, 0) is 4.79 Å². The Kier molecular flexibility index (Phi) is 4.82. The summed E-state index contributed by atoms with van der Waals surface area (Å²) in [6.45, 7) is 5.22. The fourth-order valence-electron chi connectivity index (χ4n) is 1.30. The summed E-state index contributed by atoms with van der Waals surface area (Å²) < 4.78 is 5.36. The van der Waals surface area contributed by atoms with Crippen LogP contribution >= 0.6 is 0 Å². The van der Waals surface area contributed by atoms with Gasteiger partial charge in [-0.15, -0.1) is 0 Å². The first-order chi connectivity index (χ1) is 8.93. The van der Waals surface area contributed by atoms with Crippen molar-refractivity contribution in [1.82, 2.24) is 0 Å². The van der Waals surface area contributed by atoms with Gasteiger partial charge in [0.2, 0.25) is 0 Å². The van der Waals surface area contributed by atoms with Gasteiger partial charge in [0.25, 0.3) is 0 Å². The van der Waals surface area contributed by atoms with Crippen molar-refractivity contribution in [3.63, 3.8) is 0 Å². The molecule has 1 atom stereocenters. The molecule has 0 heterocycles. The lowest BCUT2D eigenvalue weighted by atomic mass is 10.1. The number of nitrogens with zero attached hydrogens (tertiary/aromatic N) is 1. The molecule has 100 valence electrons. The van der Waals surface area contributed by atoms with E-state index in [-0.39, 0.29) is 11.4 Å². The van der Waals surface area contributed by atoms with Crippen LogP contribution < -0.4 is 4.74 Å². The van der Waals surface area contributed by atoms with Crippen molar-refractivity contribution in [1.29, 1.82) is 0 Å². The minimum Gasteiger partial charge on any atom is -0.480 e. The zero-order valence-electron chi connectivity index (χ0n) is 10.3. The molecule has 19 heavy (non-hydrogen) atoms. The smallest absolute Gasteiger partial charge is 0.328 e. The van der Waals surface area contributed by atoms with E-state index in [0.717, 1.165) is 6.08 Å². The lowest BCUT2D eigenvalue weighted by molar-refractivity contribution is -0.386. The van der Waals surface area contributed by atoms with E-state index in [2.05, 4.69) is 6.58 Å². The summed E-state index contributed by atoms with van der Waals surface area (Å²) in [7, 11) is 0. The normalized spacial score (nSPS) is 12.1. The number of hydrogen-bond donors (Lipinski definition) is 1. The molecule has 0 aliphatic rings. The van der Waals surface area contributed by atoms with Crippen LogP contribution in [0.3, 0.4) is 0 Å². The van der Waals surface area contributed by atoms with E-state index in [9.17, 15) is 14.9 Å². The molecule has 0 saturated carbocycles. The Morgan fingerprint density at radius 1 is 1.58 bits per heavy atom. The van der Waals surface area contributed by atoms with Gasteiger partial charge in [-0.1, -0.05) is 12.7 Å². The maximum absolute atomic E-state index is 10.9. The fourth-order valence-corrected chi connectivity index (χ4v) is 1.30. The summed E-state index contributed by atoms with van der Waals surface area (Å²) >= 11 is 0. The van der Waals surface area contributed by atoms with E-state index >= 15 is 0 Å². The molecule has 1 aromatic rings. The number of nitro benzene ring substituents is 1. The van der Waals surface area contributed by atoms with Crippen LogP contribution in [0.4, 0.5) is 5.69 Å². The van der Waals surface area contributed by atoms with Crippen molar-refractivity contribution in [2.45, 2.75) is 13.0 Å². The number of ether oxygens (including phenoxy) is 1. The van der Waals surface area contributed by atoms with E-state index in [1.165, 1.54) is 30.4 Å². The van der Waals surface area contributed by atoms with Gasteiger partial charge in [0.1, 0.15) is 6.10 Å². The Labute approximate surface area is 109 Å². The predicted molar refractivity (Wildman–Crippen MR) is 70.1 cm³/mol. The van der Waals surface area contributed by atoms with Crippen molar-refractivity contribution >= 4 is 17.7 Å². The summed E-state index contributed by atoms with van der Waals surface area (Å²) in [5, 5.41) is 19.4. The number of hydrogen-bond acceptors (Lipinski definition) is 4. The number of nitro groups is 1. The van der Waals surface area contributed by atoms with Gasteiger partial charge in [-0.25, -0.2) is 4.79 Å². The Hall–Kier alpha value is -2.63. The second-order valence-corrected chi connectivity index (χ2v) is 3.71. The van der Waals surface area contributed by atoms with Crippen LogP contribution in [0.5, 0.6) is 5.75 Å². The molecule has 0 bridgehead atoms. The molecule has 1 N–H and O–H groups in total. The predicted octanol–water partition coefficient (Wildman–Crippen LogP) is 2.65. The highest BCUT2D eigenvalue weighted by Crippen LogP contribution is 2.29. The molecule has 6 nitrogen and oxygen atoms in total. The number of aliphatic carboxylic acids is 1. The van der Waals surface area contributed by atoms with Crippen LogP contribution in [0.1, 0.15) is 12.5 Å². The van der Waals surface area contributed by atoms with Gasteiger partial charge in [-0.3, -0.25) is 10.1 Å². The summed E-state index contributed by atoms with van der Waals surface area (Å²) in [5.74, 6) is -1.02. The van der Waals surface area contributed by atoms with Crippen molar-refractivity contribution in [3.05, 3.63) is 52.6 Å². The lowest BCUT2D eigenvalue weighted by Gasteiger charge is -2.11. The molecule has 0 aliphatic heterocycles. The molecular weight excluding hydrogens is 250 g/mol. The van der Waals surface area contributed by atoms with E-state index in [1.807, 2.05) is 0 Å². The van der Waals surface area contributed by atoms with Crippen molar-refractivity contribution in [2.24, 2.45) is 0 Å². The Morgan fingerprint density at radius 3 is 2.79 bits per heavy atom. The summed E-state index contributed by atoms with van der Waals surface area (Å²) in [5.41, 5.74) is 0.320. The first-order valence-corrected chi connectivity index (χ1v) is 5.42. The Bertz CT molecular complexity index is 536. The quantitative estimate of drug-likeness (QED) is 0.369. The average Bonchev–Trinajstić information content (AvgIpc) is 2.36. The number of carbonyl (C=O) groups is 1. The maximum atomic E-state index is 10.9. The topological polar surface area (TPSA) is 89.7 Å². The standard InChI is InChI=1S/C13H13NO5/c1-3-9(2)19-12-8-10(5-7-13(15)16)4-6-11(12)14(17)18/h3-9H,1H2,2H3,(H,15,16). The van der Waals surface area contributed by atoms with Gasteiger partial charge in [0.15, 0.2) is 5.75 Å². The van der Waals surface area contributed by atoms with Gasteiger partial charge >= 0.3 is 11.7 Å². The monoisotopic (exact) mass is 263 g/mol. The Balaban J connectivity index is 3.14. The minimum absolute atomic E-state index is 0.0740. The highest BCUT2D eigenvalue weighted by Gasteiger charge is 2.16. The minimum atomic E-state index is -1.10. The molecule has 0 aromatic heterocycles. The molecule has 6 heteroatoms. The molecule has 0 fully saturated rings. The van der Waals surface area contributed by atoms with Crippen LogP contribution in [0, 0.1) is 10.1 Å². The summed E-state index contributed by atoms with van der Waals surface area (Å²) in [4.78, 5) is 20.7. The molecule has 1 unspecified atom stereocenters. The first-order valence-electron chi connectivity index (χ1n) is 5.42. The van der Waals surface area contributed by atoms with Crippen LogP contribution in [-0.4, -0.2) is 22.1 Å². The summed E-state index contributed by atoms with van der Waals surface area (Å²) in [6.07, 6.45) is 3.39. The fraction of sp³-hybridized carbons (Fsp3) is 0.154. The summed E-state index contributed by atoms with van der Waals surface area (Å²) in [6, 6.07) is 4.13. The molecule has 1 rings (SSSR count). The molecular formula is C13H13NO5. The lowest BCUT2D eigenvalue weighted by Crippen LogP contribution is -2.09. The number of carboxylic acids is 1. The van der Waals surface area contributed by atoms with Crippen molar-refractivity contribution in [3.8, 4) is 5.75 Å². The zero-order chi connectivity index (χ0) is 14.4. The van der Waals surface area contributed by atoms with Crippen molar-refractivity contribution < 1.29 is 19.6 Å². The second kappa shape index (κ2) is 6.34. The number of carboxylic acid groups (broad SMARTS) is 1. The Morgan fingerprint density at radius 2 is 2.26 bits per heavy atom. The van der Waals surface area contributed by atoms with E-state index < -0.39 is 17.0 Å². The second-order valence-electron chi connectivity index (χ2n) is 3.71. The van der Waals surface area contributed by atoms with E-state index in [0.29, 0.717) is 5.56 Å². The average molecular weight is 263 g/mol. The number of benzene rings is 1. The largest absolute Gasteiger partial charge is 0.480 e. The first kappa shape index (κ1) is 14.4. The van der Waals surface area contributed by atoms with Crippen LogP contribution in [0.2, 0.25) is 0 Å². The van der Waals surface area contributed by atoms with Crippen LogP contribution in [0.25, 0.3) is 6.08 Å². The molecule has 0 aliphatic carbocycles.